The van der Waals surface area contributed by atoms with Crippen LogP contribution in [-0.4, -0.2) is 55.0 Å². The van der Waals surface area contributed by atoms with Gasteiger partial charge in [0.15, 0.2) is 18.1 Å². The number of ether oxygens (including phenoxy) is 2. The summed E-state index contributed by atoms with van der Waals surface area (Å²) in [5.41, 5.74) is 0.662. The molecule has 0 unspecified atom stereocenters. The van der Waals surface area contributed by atoms with Gasteiger partial charge in [0, 0.05) is 37.6 Å². The van der Waals surface area contributed by atoms with Crippen LogP contribution in [0.25, 0.3) is 0 Å². The van der Waals surface area contributed by atoms with Crippen molar-refractivity contribution in [2.75, 3.05) is 33.4 Å². The molecule has 1 fully saturated rings. The summed E-state index contributed by atoms with van der Waals surface area (Å²) >= 11 is 0. The summed E-state index contributed by atoms with van der Waals surface area (Å²) in [5.74, 6) is 1.37. The Balaban J connectivity index is 1.38. The molecule has 7 heteroatoms. The number of carbonyl (C=O) groups is 2. The number of pyridine rings is 1. The number of benzene rings is 1. The first-order valence-corrected chi connectivity index (χ1v) is 9.39. The fourth-order valence-corrected chi connectivity index (χ4v) is 3.21. The van der Waals surface area contributed by atoms with Crippen LogP contribution in [0.5, 0.6) is 11.5 Å². The number of amides is 2. The molecule has 1 saturated heterocycles. The Morgan fingerprint density at radius 2 is 1.79 bits per heavy atom. The maximum atomic E-state index is 12.4. The Hall–Kier alpha value is -3.09. The average molecular weight is 383 g/mol. The highest BCUT2D eigenvalue weighted by Gasteiger charge is 2.23. The normalized spacial score (nSPS) is 14.4. The zero-order valence-corrected chi connectivity index (χ0v) is 16.0. The van der Waals surface area contributed by atoms with Gasteiger partial charge in [0.1, 0.15) is 0 Å². The minimum absolute atomic E-state index is 0.0371. The number of hydrogen-bond acceptors (Lipinski definition) is 5. The third-order valence-electron chi connectivity index (χ3n) is 4.84. The monoisotopic (exact) mass is 383 g/mol. The van der Waals surface area contributed by atoms with Crippen LogP contribution in [0, 0.1) is 5.92 Å². The molecular weight excluding hydrogens is 358 g/mol. The van der Waals surface area contributed by atoms with E-state index in [1.54, 1.807) is 43.8 Å². The molecule has 2 heterocycles. The number of nitrogens with one attached hydrogen (secondary N) is 1. The van der Waals surface area contributed by atoms with Gasteiger partial charge in [-0.2, -0.15) is 0 Å². The molecule has 0 bridgehead atoms. The molecular formula is C21H25N3O4. The van der Waals surface area contributed by atoms with Gasteiger partial charge < -0.3 is 19.7 Å². The minimum Gasteiger partial charge on any atom is -0.493 e. The topological polar surface area (TPSA) is 80.8 Å². The molecule has 1 aromatic heterocycles. The predicted molar refractivity (Wildman–Crippen MR) is 104 cm³/mol. The van der Waals surface area contributed by atoms with Gasteiger partial charge in [0.05, 0.1) is 7.11 Å². The number of carbonyl (C=O) groups excluding carboxylic acids is 2. The second kappa shape index (κ2) is 9.73. The van der Waals surface area contributed by atoms with Crippen molar-refractivity contribution in [1.29, 1.82) is 0 Å². The predicted octanol–water partition coefficient (Wildman–Crippen LogP) is 2.14. The van der Waals surface area contributed by atoms with Crippen molar-refractivity contribution in [2.45, 2.75) is 12.8 Å². The summed E-state index contributed by atoms with van der Waals surface area (Å²) in [6, 6.07) is 10.7. The average Bonchev–Trinajstić information content (AvgIpc) is 2.77. The van der Waals surface area contributed by atoms with Crippen molar-refractivity contribution < 1.29 is 19.1 Å². The second-order valence-corrected chi connectivity index (χ2v) is 6.72. The maximum Gasteiger partial charge on any atom is 0.257 e. The Bertz CT molecular complexity index is 789. The number of aromatic nitrogens is 1. The van der Waals surface area contributed by atoms with Crippen LogP contribution in [0.3, 0.4) is 0 Å². The Morgan fingerprint density at radius 3 is 2.46 bits per heavy atom. The summed E-state index contributed by atoms with van der Waals surface area (Å²) in [7, 11) is 1.56. The molecule has 2 amide bonds. The molecule has 1 N–H and O–H groups in total. The Kier molecular flexibility index (Phi) is 6.84. The van der Waals surface area contributed by atoms with Crippen LogP contribution in [-0.2, 0) is 4.79 Å². The van der Waals surface area contributed by atoms with E-state index in [4.69, 9.17) is 9.47 Å². The van der Waals surface area contributed by atoms with Crippen LogP contribution in [0.2, 0.25) is 0 Å². The maximum absolute atomic E-state index is 12.4. The molecule has 1 aliphatic rings. The van der Waals surface area contributed by atoms with E-state index in [9.17, 15) is 9.59 Å². The number of rotatable bonds is 7. The third kappa shape index (κ3) is 5.22. The van der Waals surface area contributed by atoms with Crippen molar-refractivity contribution in [1.82, 2.24) is 15.2 Å². The highest BCUT2D eigenvalue weighted by atomic mass is 16.5. The molecule has 2 aromatic rings. The SMILES string of the molecule is COc1ccccc1OCC(=O)NCC1CCN(C(=O)c2ccncc2)CC1. The fraction of sp³-hybridized carbons (Fsp3) is 0.381. The van der Waals surface area contributed by atoms with Crippen molar-refractivity contribution in [3.8, 4) is 11.5 Å². The van der Waals surface area contributed by atoms with Crippen LogP contribution in [0.1, 0.15) is 23.2 Å². The van der Waals surface area contributed by atoms with Crippen molar-refractivity contribution >= 4 is 11.8 Å². The summed E-state index contributed by atoms with van der Waals surface area (Å²) in [6.07, 6.45) is 4.99. The Morgan fingerprint density at radius 1 is 1.11 bits per heavy atom. The standard InChI is InChI=1S/C21H25N3O4/c1-27-18-4-2-3-5-19(18)28-15-20(25)23-14-16-8-12-24(13-9-16)21(26)17-6-10-22-11-7-17/h2-7,10-11,16H,8-9,12-15H2,1H3,(H,23,25). The first kappa shape index (κ1) is 19.7. The third-order valence-corrected chi connectivity index (χ3v) is 4.84. The van der Waals surface area contributed by atoms with E-state index in [1.807, 2.05) is 17.0 Å². The zero-order chi connectivity index (χ0) is 19.8. The molecule has 0 atom stereocenters. The lowest BCUT2D eigenvalue weighted by molar-refractivity contribution is -0.123. The minimum atomic E-state index is -0.166. The first-order chi connectivity index (χ1) is 13.7. The molecule has 0 saturated carbocycles. The number of methoxy groups -OCH3 is 1. The molecule has 1 aliphatic heterocycles. The lowest BCUT2D eigenvalue weighted by atomic mass is 9.96. The van der Waals surface area contributed by atoms with Gasteiger partial charge in [-0.1, -0.05) is 12.1 Å². The molecule has 0 spiro atoms. The molecule has 0 radical (unpaired) electrons. The molecule has 0 aliphatic carbocycles. The largest absolute Gasteiger partial charge is 0.493 e. The first-order valence-electron chi connectivity index (χ1n) is 9.39. The van der Waals surface area contributed by atoms with E-state index in [-0.39, 0.29) is 18.4 Å². The van der Waals surface area contributed by atoms with Gasteiger partial charge in [-0.25, -0.2) is 0 Å². The van der Waals surface area contributed by atoms with Gasteiger partial charge in [0.25, 0.3) is 11.8 Å². The summed E-state index contributed by atoms with van der Waals surface area (Å²) in [6.45, 7) is 1.92. The van der Waals surface area contributed by atoms with Gasteiger partial charge in [0.2, 0.25) is 0 Å². The van der Waals surface area contributed by atoms with E-state index < -0.39 is 0 Å². The highest BCUT2D eigenvalue weighted by Crippen LogP contribution is 2.25. The smallest absolute Gasteiger partial charge is 0.257 e. The fourth-order valence-electron chi connectivity index (χ4n) is 3.21. The van der Waals surface area contributed by atoms with Crippen molar-refractivity contribution in [3.05, 3.63) is 54.4 Å². The second-order valence-electron chi connectivity index (χ2n) is 6.72. The van der Waals surface area contributed by atoms with E-state index in [1.165, 1.54) is 0 Å². The van der Waals surface area contributed by atoms with Gasteiger partial charge in [-0.15, -0.1) is 0 Å². The summed E-state index contributed by atoms with van der Waals surface area (Å²) in [4.78, 5) is 30.3. The van der Waals surface area contributed by atoms with E-state index in [0.717, 1.165) is 12.8 Å². The molecule has 1 aromatic carbocycles. The van der Waals surface area contributed by atoms with Gasteiger partial charge in [-0.05, 0) is 43.0 Å². The van der Waals surface area contributed by atoms with Crippen LogP contribution >= 0.6 is 0 Å². The molecule has 7 nitrogen and oxygen atoms in total. The van der Waals surface area contributed by atoms with E-state index in [0.29, 0.717) is 42.6 Å². The van der Waals surface area contributed by atoms with Crippen LogP contribution in [0.15, 0.2) is 48.8 Å². The molecule has 3 rings (SSSR count). The van der Waals surface area contributed by atoms with Crippen molar-refractivity contribution in [3.63, 3.8) is 0 Å². The Labute approximate surface area is 164 Å². The number of piperidine rings is 1. The summed E-state index contributed by atoms with van der Waals surface area (Å²) < 4.78 is 10.7. The molecule has 148 valence electrons. The lowest BCUT2D eigenvalue weighted by Crippen LogP contribution is -2.42. The van der Waals surface area contributed by atoms with E-state index >= 15 is 0 Å². The van der Waals surface area contributed by atoms with Crippen LogP contribution in [0.4, 0.5) is 0 Å². The van der Waals surface area contributed by atoms with Crippen LogP contribution < -0.4 is 14.8 Å². The highest BCUT2D eigenvalue weighted by molar-refractivity contribution is 5.94. The van der Waals surface area contributed by atoms with Gasteiger partial charge in [-0.3, -0.25) is 14.6 Å². The number of para-hydroxylation sites is 2. The summed E-state index contributed by atoms with van der Waals surface area (Å²) in [5, 5.41) is 2.92. The van der Waals surface area contributed by atoms with E-state index in [2.05, 4.69) is 10.3 Å². The lowest BCUT2D eigenvalue weighted by Gasteiger charge is -2.32. The number of hydrogen-bond donors (Lipinski definition) is 1. The quantitative estimate of drug-likeness (QED) is 0.792. The van der Waals surface area contributed by atoms with Gasteiger partial charge >= 0.3 is 0 Å². The molecule has 28 heavy (non-hydrogen) atoms. The van der Waals surface area contributed by atoms with Crippen molar-refractivity contribution in [2.24, 2.45) is 5.92 Å². The zero-order valence-electron chi connectivity index (χ0n) is 16.0. The number of nitrogens with zero attached hydrogens (tertiary/aromatic N) is 2. The number of likely N-dealkylation sites (tertiary alicyclic amines) is 1.